The average Bonchev–Trinajstić information content (AvgIpc) is 3.12. The lowest BCUT2D eigenvalue weighted by Gasteiger charge is -2.25. The van der Waals surface area contributed by atoms with Crippen LogP contribution >= 0.6 is 0 Å². The highest BCUT2D eigenvalue weighted by molar-refractivity contribution is 5.99. The number of carbonyl (C=O) groups is 1. The van der Waals surface area contributed by atoms with Crippen molar-refractivity contribution in [3.63, 3.8) is 0 Å². The molecule has 3 rings (SSSR count). The van der Waals surface area contributed by atoms with Crippen LogP contribution in [0.25, 0.3) is 0 Å². The number of amides is 1. The van der Waals surface area contributed by atoms with Gasteiger partial charge in [0.1, 0.15) is 5.75 Å². The zero-order valence-corrected chi connectivity index (χ0v) is 11.3. The van der Waals surface area contributed by atoms with E-state index in [2.05, 4.69) is 0 Å². The van der Waals surface area contributed by atoms with Gasteiger partial charge in [-0.25, -0.2) is 0 Å². The number of hydrogen-bond donors (Lipinski definition) is 0. The van der Waals surface area contributed by atoms with Crippen LogP contribution in [0.5, 0.6) is 5.75 Å². The van der Waals surface area contributed by atoms with E-state index in [1.807, 2.05) is 28.0 Å². The Morgan fingerprint density at radius 3 is 3.16 bits per heavy atom. The highest BCUT2D eigenvalue weighted by Gasteiger charge is 2.34. The van der Waals surface area contributed by atoms with Gasteiger partial charge in [-0.2, -0.15) is 0 Å². The Kier molecular flexibility index (Phi) is 2.88. The lowest BCUT2D eigenvalue weighted by Crippen LogP contribution is -2.43. The number of benzene rings is 1. The summed E-state index contributed by atoms with van der Waals surface area (Å²) in [5.41, 5.74) is 2.18. The first-order valence-electron chi connectivity index (χ1n) is 7.47. The molecule has 0 spiro atoms. The molecule has 4 heteroatoms. The molecule has 0 radical (unpaired) electrons. The average molecular weight is 261 g/mol. The topological polar surface area (TPSA) is 32.8 Å². The molecule has 102 valence electrons. The molecular formula is C15H20N2O2. The number of nitrogens with zero attached hydrogens (tertiary/aromatic N) is 2. The van der Waals surface area contributed by atoms with E-state index < -0.39 is 0 Å². The molecule has 0 aromatic heterocycles. The van der Waals surface area contributed by atoms with Crippen LogP contribution in [0.4, 0.5) is 5.69 Å². The Hall–Kier alpha value is -1.55. The summed E-state index contributed by atoms with van der Waals surface area (Å²) in [6, 6.07) is 5.78. The lowest BCUT2D eigenvalue weighted by molar-refractivity contribution is -0.122. The van der Waals surface area contributed by atoms with Crippen molar-refractivity contribution in [2.24, 2.45) is 0 Å². The predicted molar refractivity (Wildman–Crippen MR) is 74.7 cm³/mol. The highest BCUT2D eigenvalue weighted by Crippen LogP contribution is 2.32. The van der Waals surface area contributed by atoms with Crippen molar-refractivity contribution in [3.8, 4) is 5.75 Å². The van der Waals surface area contributed by atoms with Gasteiger partial charge >= 0.3 is 0 Å². The van der Waals surface area contributed by atoms with Crippen LogP contribution in [0.3, 0.4) is 0 Å². The van der Waals surface area contributed by atoms with Gasteiger partial charge in [-0.05, 0) is 56.6 Å². The van der Waals surface area contributed by atoms with Crippen molar-refractivity contribution < 1.29 is 10.9 Å². The largest absolute Gasteiger partial charge is 0.497 e. The third kappa shape index (κ3) is 2.10. The van der Waals surface area contributed by atoms with Gasteiger partial charge in [0.25, 0.3) is 0 Å². The molecule has 1 aromatic rings. The van der Waals surface area contributed by atoms with Gasteiger partial charge in [-0.1, -0.05) is 0 Å². The van der Waals surface area contributed by atoms with Crippen molar-refractivity contribution in [2.45, 2.75) is 25.3 Å². The minimum atomic E-state index is -0.111. The summed E-state index contributed by atoms with van der Waals surface area (Å²) in [6.45, 7) is 1.60. The Labute approximate surface area is 115 Å². The van der Waals surface area contributed by atoms with E-state index in [0.29, 0.717) is 0 Å². The van der Waals surface area contributed by atoms with Gasteiger partial charge in [0.2, 0.25) is 5.91 Å². The van der Waals surface area contributed by atoms with Crippen LogP contribution in [0, 0.1) is 0 Å². The summed E-state index contributed by atoms with van der Waals surface area (Å²) in [7, 11) is 1.87. The molecule has 0 aliphatic carbocycles. The summed E-state index contributed by atoms with van der Waals surface area (Å²) >= 11 is 0. The maximum Gasteiger partial charge on any atom is 0.244 e. The maximum absolute atomic E-state index is 12.7. The van der Waals surface area contributed by atoms with Gasteiger partial charge in [-0.15, -0.1) is 0 Å². The van der Waals surface area contributed by atoms with E-state index in [4.69, 9.17) is 6.11 Å². The Morgan fingerprint density at radius 2 is 2.37 bits per heavy atom. The zero-order valence-electron chi connectivity index (χ0n) is 12.3. The third-order valence-electron chi connectivity index (χ3n) is 4.10. The van der Waals surface area contributed by atoms with Crippen molar-refractivity contribution in [2.75, 3.05) is 32.1 Å². The maximum atomic E-state index is 12.7. The highest BCUT2D eigenvalue weighted by atomic mass is 16.5. The summed E-state index contributed by atoms with van der Waals surface area (Å²) in [6.07, 6.45) is 2.77. The normalized spacial score (nSPS) is 23.3. The molecule has 2 heterocycles. The third-order valence-corrected chi connectivity index (χ3v) is 4.10. The van der Waals surface area contributed by atoms with E-state index in [1.54, 1.807) is 7.11 Å². The minimum Gasteiger partial charge on any atom is -0.497 e. The number of anilines is 1. The van der Waals surface area contributed by atoms with Gasteiger partial charge in [0, 0.05) is 13.6 Å². The first-order valence-corrected chi connectivity index (χ1v) is 6.76. The molecule has 4 nitrogen and oxygen atoms in total. The Bertz CT molecular complexity index is 521. The molecule has 19 heavy (non-hydrogen) atoms. The van der Waals surface area contributed by atoms with Gasteiger partial charge in [-0.3, -0.25) is 9.69 Å². The zero-order chi connectivity index (χ0) is 14.1. The van der Waals surface area contributed by atoms with Crippen LogP contribution in [0.2, 0.25) is 0 Å². The second-order valence-electron chi connectivity index (χ2n) is 5.20. The fourth-order valence-electron chi connectivity index (χ4n) is 3.02. The number of rotatable bonds is 2. The van der Waals surface area contributed by atoms with Crippen LogP contribution in [-0.2, 0) is 11.2 Å². The quantitative estimate of drug-likeness (QED) is 0.812. The molecule has 1 fully saturated rings. The summed E-state index contributed by atoms with van der Waals surface area (Å²) in [4.78, 5) is 16.5. The second-order valence-corrected chi connectivity index (χ2v) is 5.20. The van der Waals surface area contributed by atoms with Crippen LogP contribution in [-0.4, -0.2) is 44.1 Å². The fourth-order valence-corrected chi connectivity index (χ4v) is 3.02. The SMILES string of the molecule is [2H]CN1CCC[C@H]1C(=O)N1CCc2cc(OC)ccc21. The summed E-state index contributed by atoms with van der Waals surface area (Å²) in [5, 5.41) is 0. The molecule has 0 unspecified atom stereocenters. The van der Waals surface area contributed by atoms with Crippen LogP contribution in [0.15, 0.2) is 18.2 Å². The molecule has 1 atom stereocenters. The Morgan fingerprint density at radius 1 is 1.47 bits per heavy atom. The van der Waals surface area contributed by atoms with Crippen LogP contribution < -0.4 is 9.64 Å². The molecule has 2 aliphatic rings. The summed E-state index contributed by atoms with van der Waals surface area (Å²) < 4.78 is 12.8. The van der Waals surface area contributed by atoms with Crippen molar-refractivity contribution >= 4 is 11.6 Å². The van der Waals surface area contributed by atoms with Crippen molar-refractivity contribution in [3.05, 3.63) is 23.8 Å². The van der Waals surface area contributed by atoms with Gasteiger partial charge in [0.15, 0.2) is 0 Å². The molecule has 1 aromatic carbocycles. The van der Waals surface area contributed by atoms with E-state index in [-0.39, 0.29) is 19.0 Å². The molecule has 1 saturated heterocycles. The summed E-state index contributed by atoms with van der Waals surface area (Å²) in [5.74, 6) is 0.991. The molecular weight excluding hydrogens is 240 g/mol. The number of ether oxygens (including phenoxy) is 1. The lowest BCUT2D eigenvalue weighted by atomic mass is 10.1. The molecule has 1 amide bonds. The number of fused-ring (bicyclic) bond motifs is 1. The Balaban J connectivity index is 1.82. The van der Waals surface area contributed by atoms with Gasteiger partial charge in [0.05, 0.1) is 13.2 Å². The van der Waals surface area contributed by atoms with Crippen molar-refractivity contribution in [1.82, 2.24) is 4.90 Å². The van der Waals surface area contributed by atoms with Crippen LogP contribution in [0.1, 0.15) is 19.8 Å². The number of carbonyl (C=O) groups excluding carboxylic acids is 1. The van der Waals surface area contributed by atoms with E-state index >= 15 is 0 Å². The fraction of sp³-hybridized carbons (Fsp3) is 0.533. The van der Waals surface area contributed by atoms with E-state index in [1.165, 1.54) is 5.56 Å². The number of hydrogen-bond acceptors (Lipinski definition) is 3. The van der Waals surface area contributed by atoms with Gasteiger partial charge < -0.3 is 9.64 Å². The predicted octanol–water partition coefficient (Wildman–Crippen LogP) is 1.68. The monoisotopic (exact) mass is 261 g/mol. The number of likely N-dealkylation sites (N-methyl/N-ethyl adjacent to an activating group) is 1. The standard InChI is InChI=1S/C15H20N2O2/c1-16-8-3-4-14(16)15(18)17-9-7-11-10-12(19-2)5-6-13(11)17/h5-6,10,14H,3-4,7-9H2,1-2H3/t14-/m0/s1/i1D. The molecule has 0 bridgehead atoms. The first kappa shape index (κ1) is 11.3. The number of methoxy groups -OCH3 is 1. The molecule has 2 aliphatic heterocycles. The van der Waals surface area contributed by atoms with E-state index in [0.717, 1.165) is 43.8 Å². The number of likely N-dealkylation sites (tertiary alicyclic amines) is 1. The molecule has 0 N–H and O–H groups in total. The minimum absolute atomic E-state index is 0.111. The van der Waals surface area contributed by atoms with Crippen molar-refractivity contribution in [1.29, 1.82) is 0 Å². The van der Waals surface area contributed by atoms with E-state index in [9.17, 15) is 4.79 Å². The first-order chi connectivity index (χ1) is 9.74. The second kappa shape index (κ2) is 4.85. The smallest absolute Gasteiger partial charge is 0.244 e. The molecule has 0 saturated carbocycles.